The Morgan fingerprint density at radius 1 is 1.42 bits per heavy atom. The first-order valence-electron chi connectivity index (χ1n) is 4.15. The van der Waals surface area contributed by atoms with E-state index >= 15 is 0 Å². The van der Waals surface area contributed by atoms with Crippen molar-refractivity contribution in [2.45, 2.75) is 20.3 Å². The lowest BCUT2D eigenvalue weighted by Gasteiger charge is -2.10. The molecule has 0 heterocycles. The van der Waals surface area contributed by atoms with Crippen molar-refractivity contribution in [3.8, 4) is 0 Å². The molecule has 0 unspecified atom stereocenters. The lowest BCUT2D eigenvalue weighted by molar-refractivity contribution is 1.13. The fourth-order valence-electron chi connectivity index (χ4n) is 1.37. The van der Waals surface area contributed by atoms with Gasteiger partial charge in [-0.1, -0.05) is 24.6 Å². The van der Waals surface area contributed by atoms with Crippen LogP contribution in [0.15, 0.2) is 12.1 Å². The second-order valence-electron chi connectivity index (χ2n) is 2.88. The van der Waals surface area contributed by atoms with Crippen molar-refractivity contribution >= 4 is 17.3 Å². The standard InChI is InChI=1S/C10H14ClN/c1-4-8-5-7(2)6-9(11)10(8)12-3/h5-6,12H,4H2,1-3H3. The Morgan fingerprint density at radius 3 is 2.58 bits per heavy atom. The number of nitrogens with one attached hydrogen (secondary N) is 1. The molecule has 2 heteroatoms. The van der Waals surface area contributed by atoms with Crippen LogP contribution in [0.5, 0.6) is 0 Å². The molecular formula is C10H14ClN. The number of rotatable bonds is 2. The van der Waals surface area contributed by atoms with Crippen LogP contribution >= 0.6 is 11.6 Å². The molecule has 0 radical (unpaired) electrons. The number of anilines is 1. The first kappa shape index (κ1) is 9.40. The van der Waals surface area contributed by atoms with E-state index in [-0.39, 0.29) is 0 Å². The Bertz CT molecular complexity index is 281. The van der Waals surface area contributed by atoms with Crippen LogP contribution in [0.3, 0.4) is 0 Å². The van der Waals surface area contributed by atoms with E-state index in [2.05, 4.69) is 25.2 Å². The van der Waals surface area contributed by atoms with Crippen LogP contribution in [0.1, 0.15) is 18.1 Å². The fourth-order valence-corrected chi connectivity index (χ4v) is 1.76. The summed E-state index contributed by atoms with van der Waals surface area (Å²) in [5.74, 6) is 0. The maximum absolute atomic E-state index is 6.05. The number of halogens is 1. The topological polar surface area (TPSA) is 12.0 Å². The summed E-state index contributed by atoms with van der Waals surface area (Å²) in [6, 6.07) is 4.14. The molecule has 0 spiro atoms. The quantitative estimate of drug-likeness (QED) is 0.743. The SMILES string of the molecule is CCc1cc(C)cc(Cl)c1NC. The van der Waals surface area contributed by atoms with Crippen LogP contribution in [0.2, 0.25) is 5.02 Å². The van der Waals surface area contributed by atoms with Gasteiger partial charge in [0.15, 0.2) is 0 Å². The molecule has 0 aromatic heterocycles. The van der Waals surface area contributed by atoms with Crippen LogP contribution in [0, 0.1) is 6.92 Å². The second-order valence-corrected chi connectivity index (χ2v) is 3.29. The highest BCUT2D eigenvalue weighted by atomic mass is 35.5. The van der Waals surface area contributed by atoms with Crippen molar-refractivity contribution < 1.29 is 0 Å². The van der Waals surface area contributed by atoms with E-state index < -0.39 is 0 Å². The molecule has 0 fully saturated rings. The Kier molecular flexibility index (Phi) is 2.99. The average molecular weight is 184 g/mol. The van der Waals surface area contributed by atoms with Gasteiger partial charge in [0.25, 0.3) is 0 Å². The van der Waals surface area contributed by atoms with Gasteiger partial charge in [-0.15, -0.1) is 0 Å². The minimum atomic E-state index is 0.814. The maximum Gasteiger partial charge on any atom is 0.0642 e. The van der Waals surface area contributed by atoms with E-state index in [1.54, 1.807) is 0 Å². The molecule has 1 aromatic carbocycles. The molecule has 1 rings (SSSR count). The molecule has 66 valence electrons. The van der Waals surface area contributed by atoms with Crippen LogP contribution < -0.4 is 5.32 Å². The van der Waals surface area contributed by atoms with Crippen molar-refractivity contribution in [2.24, 2.45) is 0 Å². The van der Waals surface area contributed by atoms with Crippen molar-refractivity contribution in [3.63, 3.8) is 0 Å². The molecule has 0 bridgehead atoms. The zero-order chi connectivity index (χ0) is 9.14. The molecule has 0 aliphatic rings. The molecule has 0 saturated heterocycles. The molecule has 1 nitrogen and oxygen atoms in total. The van der Waals surface area contributed by atoms with E-state index in [0.29, 0.717) is 0 Å². The maximum atomic E-state index is 6.05. The molecular weight excluding hydrogens is 170 g/mol. The molecule has 0 aliphatic carbocycles. The van der Waals surface area contributed by atoms with Crippen LogP contribution in [0.4, 0.5) is 5.69 Å². The molecule has 0 amide bonds. The summed E-state index contributed by atoms with van der Waals surface area (Å²) in [6.45, 7) is 4.19. The summed E-state index contributed by atoms with van der Waals surface area (Å²) < 4.78 is 0. The first-order valence-corrected chi connectivity index (χ1v) is 4.53. The van der Waals surface area contributed by atoms with E-state index in [1.807, 2.05) is 13.1 Å². The minimum absolute atomic E-state index is 0.814. The van der Waals surface area contributed by atoms with Gasteiger partial charge in [-0.3, -0.25) is 0 Å². The van der Waals surface area contributed by atoms with Crippen molar-refractivity contribution in [1.29, 1.82) is 0 Å². The summed E-state index contributed by atoms with van der Waals surface area (Å²) >= 11 is 6.05. The zero-order valence-corrected chi connectivity index (χ0v) is 8.50. The van der Waals surface area contributed by atoms with Gasteiger partial charge in [0, 0.05) is 7.05 Å². The normalized spacial score (nSPS) is 10.0. The lowest BCUT2D eigenvalue weighted by atomic mass is 10.1. The largest absolute Gasteiger partial charge is 0.387 e. The van der Waals surface area contributed by atoms with Crippen molar-refractivity contribution in [1.82, 2.24) is 0 Å². The van der Waals surface area contributed by atoms with E-state index in [1.165, 1.54) is 11.1 Å². The van der Waals surface area contributed by atoms with Gasteiger partial charge >= 0.3 is 0 Å². The smallest absolute Gasteiger partial charge is 0.0642 e. The summed E-state index contributed by atoms with van der Waals surface area (Å²) in [5, 5.41) is 3.92. The van der Waals surface area contributed by atoms with Crippen LogP contribution in [-0.2, 0) is 6.42 Å². The minimum Gasteiger partial charge on any atom is -0.387 e. The van der Waals surface area contributed by atoms with Gasteiger partial charge in [0.1, 0.15) is 0 Å². The molecule has 0 saturated carbocycles. The van der Waals surface area contributed by atoms with E-state index in [0.717, 1.165) is 17.1 Å². The summed E-state index contributed by atoms with van der Waals surface area (Å²) in [7, 11) is 1.90. The van der Waals surface area contributed by atoms with Gasteiger partial charge in [-0.05, 0) is 30.5 Å². The Labute approximate surface area is 78.7 Å². The fraction of sp³-hybridized carbons (Fsp3) is 0.400. The molecule has 1 aromatic rings. The summed E-state index contributed by atoms with van der Waals surface area (Å²) in [5.41, 5.74) is 3.56. The highest BCUT2D eigenvalue weighted by molar-refractivity contribution is 6.33. The third-order valence-corrected chi connectivity index (χ3v) is 2.25. The third-order valence-electron chi connectivity index (χ3n) is 1.95. The van der Waals surface area contributed by atoms with Gasteiger partial charge < -0.3 is 5.32 Å². The predicted molar refractivity (Wildman–Crippen MR) is 55.1 cm³/mol. The van der Waals surface area contributed by atoms with Crippen LogP contribution in [-0.4, -0.2) is 7.05 Å². The van der Waals surface area contributed by atoms with Crippen molar-refractivity contribution in [3.05, 3.63) is 28.3 Å². The van der Waals surface area contributed by atoms with Gasteiger partial charge in [0.2, 0.25) is 0 Å². The summed E-state index contributed by atoms with van der Waals surface area (Å²) in [6.07, 6.45) is 1.01. The Balaban J connectivity index is 3.24. The number of hydrogen-bond acceptors (Lipinski definition) is 1. The molecule has 12 heavy (non-hydrogen) atoms. The van der Waals surface area contributed by atoms with Crippen LogP contribution in [0.25, 0.3) is 0 Å². The van der Waals surface area contributed by atoms with E-state index in [4.69, 9.17) is 11.6 Å². The molecule has 0 atom stereocenters. The number of hydrogen-bond donors (Lipinski definition) is 1. The van der Waals surface area contributed by atoms with E-state index in [9.17, 15) is 0 Å². The van der Waals surface area contributed by atoms with Crippen molar-refractivity contribution in [2.75, 3.05) is 12.4 Å². The van der Waals surface area contributed by atoms with Gasteiger partial charge in [-0.2, -0.15) is 0 Å². The Hall–Kier alpha value is -0.690. The number of benzene rings is 1. The number of aryl methyl sites for hydroxylation is 2. The summed E-state index contributed by atoms with van der Waals surface area (Å²) in [4.78, 5) is 0. The highest BCUT2D eigenvalue weighted by Gasteiger charge is 2.04. The first-order chi connectivity index (χ1) is 5.69. The van der Waals surface area contributed by atoms with Gasteiger partial charge in [-0.25, -0.2) is 0 Å². The average Bonchev–Trinajstić information content (AvgIpc) is 2.03. The molecule has 0 aliphatic heterocycles. The highest BCUT2D eigenvalue weighted by Crippen LogP contribution is 2.27. The van der Waals surface area contributed by atoms with Gasteiger partial charge in [0.05, 0.1) is 10.7 Å². The Morgan fingerprint density at radius 2 is 2.08 bits per heavy atom. The second kappa shape index (κ2) is 3.81. The molecule has 1 N–H and O–H groups in total. The third kappa shape index (κ3) is 1.72. The monoisotopic (exact) mass is 183 g/mol. The zero-order valence-electron chi connectivity index (χ0n) is 7.74. The lowest BCUT2D eigenvalue weighted by Crippen LogP contribution is -1.96. The predicted octanol–water partition coefficient (Wildman–Crippen LogP) is 3.25.